The van der Waals surface area contributed by atoms with Crippen molar-refractivity contribution in [2.75, 3.05) is 13.2 Å². The van der Waals surface area contributed by atoms with Gasteiger partial charge in [-0.05, 0) is 0 Å². The minimum atomic E-state index is -2.97. The van der Waals surface area contributed by atoms with Crippen LogP contribution < -0.4 is 55.1 Å². The summed E-state index contributed by atoms with van der Waals surface area (Å²) in [5.74, 6) is -9.94. The third-order valence-corrected chi connectivity index (χ3v) is 4.25. The quantitative estimate of drug-likeness (QED) is 0.0703. The van der Waals surface area contributed by atoms with E-state index in [1.807, 2.05) is 0 Å². The van der Waals surface area contributed by atoms with Gasteiger partial charge in [0.05, 0.1) is 31.1 Å². The number of aliphatic hydroxyl groups is 11. The van der Waals surface area contributed by atoms with E-state index in [-0.39, 0.29) is 86.8 Å². The van der Waals surface area contributed by atoms with Gasteiger partial charge in [-0.3, -0.25) is 0 Å². The van der Waals surface area contributed by atoms with E-state index in [0.29, 0.717) is 0 Å². The van der Waals surface area contributed by atoms with Crippen LogP contribution in [0.25, 0.3) is 0 Å². The van der Waals surface area contributed by atoms with Crippen LogP contribution in [0.4, 0.5) is 0 Å². The van der Waals surface area contributed by atoms with Gasteiger partial charge in [0, 0.05) is 24.8 Å². The smallest absolute Gasteiger partial charge is 0.550 e. The third-order valence-electron chi connectivity index (χ3n) is 4.25. The summed E-state index contributed by atoms with van der Waals surface area (Å²) in [6.45, 7) is -1.73. The largest absolute Gasteiger partial charge is 2.00 e. The second-order valence-corrected chi connectivity index (χ2v) is 7.41. The van der Waals surface area contributed by atoms with Crippen LogP contribution in [0.3, 0.4) is 0 Å². The van der Waals surface area contributed by atoms with Crippen LogP contribution in [0.1, 0.15) is 12.8 Å². The van der Waals surface area contributed by atoms with Crippen molar-refractivity contribution in [3.8, 4) is 0 Å². The topological polar surface area (TPSA) is 423 Å². The Morgan fingerprint density at radius 2 is 0.810 bits per heavy atom. The second kappa shape index (κ2) is 27.1. The molecule has 8 unspecified atom stereocenters. The van der Waals surface area contributed by atoms with Crippen molar-refractivity contribution in [2.45, 2.75) is 67.3 Å². The van der Waals surface area contributed by atoms with Gasteiger partial charge in [-0.2, -0.15) is 0 Å². The summed E-state index contributed by atoms with van der Waals surface area (Å²) in [4.78, 5) is 50.0. The number of rotatable bonds is 15. The number of carboxylic acids is 5. The molecule has 0 fully saturated rings. The number of hydrogen-bond acceptors (Lipinski definition) is 21. The molecule has 0 amide bonds. The Bertz CT molecular complexity index is 751. The molecule has 21 nitrogen and oxygen atoms in total. The van der Waals surface area contributed by atoms with Crippen molar-refractivity contribution in [1.29, 1.82) is 0 Å². The molecule has 0 saturated carbocycles. The molecule has 230 valence electrons. The zero-order chi connectivity index (χ0) is 31.8. The van der Waals surface area contributed by atoms with E-state index in [9.17, 15) is 49.5 Å². The molecule has 0 aliphatic rings. The molecule has 0 saturated heterocycles. The fourth-order valence-electron chi connectivity index (χ4n) is 2.01. The second-order valence-electron chi connectivity index (χ2n) is 7.41. The minimum Gasteiger partial charge on any atom is -0.550 e. The summed E-state index contributed by atoms with van der Waals surface area (Å²) >= 11 is 0. The van der Waals surface area contributed by atoms with Crippen LogP contribution in [0.2, 0.25) is 0 Å². The number of carbonyl (C=O) groups excluding carboxylic acids is 5. The van der Waals surface area contributed by atoms with Crippen LogP contribution in [0.5, 0.6) is 0 Å². The van der Waals surface area contributed by atoms with Crippen molar-refractivity contribution >= 4 is 67.6 Å². The first-order chi connectivity index (χ1) is 17.6. The molecule has 0 aromatic rings. The van der Waals surface area contributed by atoms with Gasteiger partial charge in [-0.25, -0.2) is 0 Å². The molecule has 0 aromatic heterocycles. The van der Waals surface area contributed by atoms with Gasteiger partial charge in [-0.15, -0.1) is 0 Å². The van der Waals surface area contributed by atoms with Crippen LogP contribution in [-0.2, 0) is 43.5 Å². The number of carbonyl (C=O) groups is 5. The fraction of sp³-hybridized carbons (Fsp3) is 0.722. The van der Waals surface area contributed by atoms with Gasteiger partial charge in [0.15, 0.2) is 0 Å². The zero-order valence-corrected chi connectivity index (χ0v) is 29.0. The minimum absolute atomic E-state index is 0. The average Bonchev–Trinajstić information content (AvgIpc) is 2.84. The molecule has 0 aromatic carbocycles. The van der Waals surface area contributed by atoms with E-state index in [4.69, 9.17) is 56.2 Å². The maximum atomic E-state index is 10.1. The Hall–Kier alpha value is -0.207. The first kappa shape index (κ1) is 54.3. The van der Waals surface area contributed by atoms with E-state index in [1.165, 1.54) is 0 Å². The standard InChI is InChI=1S/C6H8O7.2C6H12O7.Ca.Na.Zn/c7-3(8)1-6(13,5(11)12)2-4(9)10;2*7-1-2(8)3(9)4(10)5(11)6(12)13;;;/h13H,1-2H2,(H,7,8)(H,9,10)(H,11,12);2*2-5,7-11H,1H2,(H,12,13);;;/q;;;+2;+1;+2/p-5. The summed E-state index contributed by atoms with van der Waals surface area (Å²) in [6.07, 6.45) is -18.9. The van der Waals surface area contributed by atoms with Crippen molar-refractivity contribution < 1.29 is 155 Å². The summed E-state index contributed by atoms with van der Waals surface area (Å²) in [5, 5.41) is 146. The number of aliphatic carboxylic acids is 5. The summed E-state index contributed by atoms with van der Waals surface area (Å²) in [6, 6.07) is 0. The maximum absolute atomic E-state index is 10.1. The van der Waals surface area contributed by atoms with Gasteiger partial charge in [0.1, 0.15) is 54.4 Å². The van der Waals surface area contributed by atoms with Crippen molar-refractivity contribution in [1.82, 2.24) is 0 Å². The Balaban J connectivity index is -0.000000112. The van der Waals surface area contributed by atoms with Crippen LogP contribution in [0, 0.1) is 0 Å². The molecule has 24 heteroatoms. The number of hydrogen-bond donors (Lipinski definition) is 11. The SMILES string of the molecule is O=C([O-])C(O)C(O)C(O)C(O)CO.O=C([O-])C(O)C(O)C(O)C(O)CO.O=C([O-])CC(O)(CC(=O)[O-])C(=O)[O-].[Ca+2].[Na+].[Zn+2]. The van der Waals surface area contributed by atoms with Crippen molar-refractivity contribution in [3.05, 3.63) is 0 Å². The Morgan fingerprint density at radius 3 is 0.952 bits per heavy atom. The Labute approximate surface area is 300 Å². The van der Waals surface area contributed by atoms with E-state index in [0.717, 1.165) is 0 Å². The van der Waals surface area contributed by atoms with Gasteiger partial charge >= 0.3 is 86.8 Å². The molecule has 0 bridgehead atoms. The summed E-state index contributed by atoms with van der Waals surface area (Å²) < 4.78 is 0. The van der Waals surface area contributed by atoms with E-state index in [2.05, 4.69) is 0 Å². The van der Waals surface area contributed by atoms with E-state index >= 15 is 0 Å². The Kier molecular flexibility index (Phi) is 35.1. The van der Waals surface area contributed by atoms with Gasteiger partial charge in [0.25, 0.3) is 0 Å². The molecule has 8 atom stereocenters. The van der Waals surface area contributed by atoms with Crippen molar-refractivity contribution in [3.63, 3.8) is 0 Å². The predicted octanol–water partition coefficient (Wildman–Crippen LogP) is -18.3. The number of aliphatic hydroxyl groups excluding tert-OH is 10. The average molecular weight is 708 g/mol. The molecule has 0 spiro atoms. The molecule has 0 aliphatic heterocycles. The zero-order valence-electron chi connectivity index (χ0n) is 21.9. The number of carboxylic acid groups (broad SMARTS) is 5. The monoisotopic (exact) mass is 706 g/mol. The van der Waals surface area contributed by atoms with Gasteiger partial charge in [0.2, 0.25) is 0 Å². The molecule has 0 radical (unpaired) electrons. The molecule has 0 rings (SSSR count). The summed E-state index contributed by atoms with van der Waals surface area (Å²) in [7, 11) is 0. The van der Waals surface area contributed by atoms with Crippen molar-refractivity contribution in [2.24, 2.45) is 0 Å². The van der Waals surface area contributed by atoms with Gasteiger partial charge < -0.3 is 106 Å². The molecule has 42 heavy (non-hydrogen) atoms. The third kappa shape index (κ3) is 22.3. The molecule has 11 N–H and O–H groups in total. The maximum Gasteiger partial charge on any atom is 2.00 e. The molecule has 0 aliphatic carbocycles. The molecular weight excluding hydrogens is 681 g/mol. The first-order valence-corrected chi connectivity index (χ1v) is 10.0. The van der Waals surface area contributed by atoms with E-state index < -0.39 is 110 Å². The Morgan fingerprint density at radius 1 is 0.571 bits per heavy atom. The van der Waals surface area contributed by atoms with Gasteiger partial charge in [-0.1, -0.05) is 0 Å². The predicted molar refractivity (Wildman–Crippen MR) is 107 cm³/mol. The molecular formula is C18H27CaNaO21Zn. The normalized spacial score (nSPS) is 16.0. The first-order valence-electron chi connectivity index (χ1n) is 10.0. The fourth-order valence-corrected chi connectivity index (χ4v) is 2.01. The molecule has 0 heterocycles. The van der Waals surface area contributed by atoms with Crippen LogP contribution >= 0.6 is 0 Å². The summed E-state index contributed by atoms with van der Waals surface area (Å²) in [5.41, 5.74) is -2.97. The van der Waals surface area contributed by atoms with E-state index in [1.54, 1.807) is 0 Å². The van der Waals surface area contributed by atoms with Crippen LogP contribution in [0.15, 0.2) is 0 Å². The van der Waals surface area contributed by atoms with Crippen LogP contribution in [-0.4, -0.2) is 191 Å².